The molecular weight excluding hydrogens is 1470 g/mol. The minimum Gasteiger partial charge on any atom is -0.394 e. The Hall–Kier alpha value is -6.22. The average Bonchev–Trinajstić information content (AvgIpc) is 1.61. The lowest BCUT2D eigenvalue weighted by Gasteiger charge is -2.39. The largest absolute Gasteiger partial charge is 0.394 e. The highest BCUT2D eigenvalue weighted by molar-refractivity contribution is 7.91. The van der Waals surface area contributed by atoms with Gasteiger partial charge >= 0.3 is 0 Å². The van der Waals surface area contributed by atoms with Gasteiger partial charge < -0.3 is 92.3 Å². The highest BCUT2D eigenvalue weighted by Gasteiger charge is 2.51. The number of aliphatic hydroxyl groups excluding tert-OH is 12. The van der Waals surface area contributed by atoms with Gasteiger partial charge in [0.25, 0.3) is 11.8 Å². The van der Waals surface area contributed by atoms with Gasteiger partial charge in [0.15, 0.2) is 31.9 Å². The Balaban J connectivity index is 0.000000464. The lowest BCUT2D eigenvalue weighted by atomic mass is 9.69. The molecule has 4 aromatic rings. The number of nitrogens with one attached hydrogen (secondary N) is 4. The van der Waals surface area contributed by atoms with E-state index in [1.807, 2.05) is 113 Å². The van der Waals surface area contributed by atoms with E-state index >= 15 is 0 Å². The van der Waals surface area contributed by atoms with Crippen LogP contribution in [0.15, 0.2) is 94.7 Å². The van der Waals surface area contributed by atoms with Crippen molar-refractivity contribution in [1.29, 1.82) is 0 Å². The Bertz CT molecular complexity index is 3480. The summed E-state index contributed by atoms with van der Waals surface area (Å²) in [6.45, 7) is 6.98. The second-order valence-electron chi connectivity index (χ2n) is 30.7. The molecule has 0 fully saturated rings. The van der Waals surface area contributed by atoms with Gasteiger partial charge in [0, 0.05) is 99.5 Å². The summed E-state index contributed by atoms with van der Waals surface area (Å²) in [7, 11) is 0.181. The SMILES string of the molecule is C.CCCC[C@@]1(CC)CS(=O)(=O)c2ccc(N(C)C)cc2[C@H](c2cccc(NC(=O)CCCCCCCCCCNC(=O)[C@H](O)[C@@H](O)[C@H](O)[C@H](O)CO)c2)[C@@H]1O.CCCC[C@]1(CC)CS(=O)(=O)c2ccc(N(C)C)cc2[C@@H](c2cccc(NC(=O)CCCCCCCCCCNC(=O)[C@H](O)[C@@H](O)[C@H](O)[C@H](O)CO)c2)[C@H]1O. The molecule has 0 unspecified atom stereocenters. The molecule has 0 bridgehead atoms. The van der Waals surface area contributed by atoms with Gasteiger partial charge in [0.2, 0.25) is 11.8 Å². The van der Waals surface area contributed by atoms with Crippen molar-refractivity contribution in [2.75, 3.05) is 86.4 Å². The summed E-state index contributed by atoms with van der Waals surface area (Å²) in [6, 6.07) is 25.6. The lowest BCUT2D eigenvalue weighted by Crippen LogP contribution is -2.51. The number of sulfone groups is 2. The number of aliphatic hydroxyl groups is 12. The smallest absolute Gasteiger partial charge is 0.251 e. The standard InChI is InChI=1S/2C41H65N3O10S.CH4/c2*1-5-7-22-41(6-2)27-55(53,54)33-21-20-30(44(3)4)25-31(33)35(39(41)51)28-17-16-18-29(24-28)43-34(47)19-14-12-10-8-9-11-13-15-23-42-40(52)38(50)37(49)36(48)32(46)26-45;/h2*16-18,20-21,24-25,32,35-39,45-46,48-51H,5-15,19,22-23,26-27H2,1-4H3,(H,42,52)(H,43,47);1H4/t32-,35+,36-,37+,38-,39+,41+;32-,35-,36-,37+,38-,39-,41-;/m11./s1. The van der Waals surface area contributed by atoms with Gasteiger partial charge in [0.05, 0.1) is 46.7 Å². The monoisotopic (exact) mass is 1600 g/mol. The molecule has 26 nitrogen and oxygen atoms in total. The number of rotatable bonds is 46. The van der Waals surface area contributed by atoms with Crippen LogP contribution < -0.4 is 31.1 Å². The van der Waals surface area contributed by atoms with Crippen LogP contribution in [0.2, 0.25) is 0 Å². The Labute approximate surface area is 659 Å². The first kappa shape index (κ1) is 97.1. The maximum absolute atomic E-state index is 14.0. The number of anilines is 4. The Morgan fingerprint density at radius 1 is 0.450 bits per heavy atom. The first-order valence-corrected chi connectivity index (χ1v) is 43.0. The highest BCUT2D eigenvalue weighted by atomic mass is 32.2. The topological polar surface area (TPSA) is 434 Å². The second kappa shape index (κ2) is 47.6. The molecule has 4 aromatic carbocycles. The molecule has 6 rings (SSSR count). The van der Waals surface area contributed by atoms with Crippen LogP contribution in [0.1, 0.15) is 236 Å². The van der Waals surface area contributed by atoms with Crippen molar-refractivity contribution in [2.45, 2.75) is 285 Å². The minimum atomic E-state index is -3.71. The van der Waals surface area contributed by atoms with Gasteiger partial charge in [-0.05, 0) is 134 Å². The number of hydrogen-bond acceptors (Lipinski definition) is 22. The molecule has 2 heterocycles. The molecule has 28 heteroatoms. The Kier molecular flexibility index (Phi) is 41.6. The summed E-state index contributed by atoms with van der Waals surface area (Å²) in [4.78, 5) is 54.3. The molecule has 4 amide bonds. The van der Waals surface area contributed by atoms with Crippen molar-refractivity contribution in [3.05, 3.63) is 107 Å². The minimum absolute atomic E-state index is 0. The predicted molar refractivity (Wildman–Crippen MR) is 434 cm³/mol. The summed E-state index contributed by atoms with van der Waals surface area (Å²) in [5.41, 5.74) is 3.87. The molecule has 111 heavy (non-hydrogen) atoms. The molecule has 2 aliphatic rings. The number of carbonyl (C=O) groups excluding carboxylic acids is 4. The maximum atomic E-state index is 14.0. The summed E-state index contributed by atoms with van der Waals surface area (Å²) >= 11 is 0. The molecular formula is C83H134N6O20S2. The maximum Gasteiger partial charge on any atom is 0.251 e. The van der Waals surface area contributed by atoms with Crippen LogP contribution >= 0.6 is 0 Å². The molecule has 628 valence electrons. The van der Waals surface area contributed by atoms with Gasteiger partial charge in [-0.15, -0.1) is 0 Å². The summed E-state index contributed by atoms with van der Waals surface area (Å²) < 4.78 is 55.8. The number of nitrogens with zero attached hydrogens (tertiary/aromatic N) is 2. The first-order chi connectivity index (χ1) is 52.2. The van der Waals surface area contributed by atoms with Crippen molar-refractivity contribution < 1.29 is 97.3 Å². The third kappa shape index (κ3) is 28.0. The van der Waals surface area contributed by atoms with E-state index in [2.05, 4.69) is 35.1 Å². The summed E-state index contributed by atoms with van der Waals surface area (Å²) in [5, 5.41) is 131. The second-order valence-corrected chi connectivity index (χ2v) is 34.6. The molecule has 0 saturated heterocycles. The Morgan fingerprint density at radius 3 is 1.08 bits per heavy atom. The van der Waals surface area contributed by atoms with E-state index in [1.165, 1.54) is 0 Å². The van der Waals surface area contributed by atoms with Crippen molar-refractivity contribution in [2.24, 2.45) is 10.8 Å². The fourth-order valence-corrected chi connectivity index (χ4v) is 19.5. The molecule has 0 saturated carbocycles. The van der Waals surface area contributed by atoms with Gasteiger partial charge in [-0.2, -0.15) is 0 Å². The first-order valence-electron chi connectivity index (χ1n) is 39.7. The third-order valence-corrected chi connectivity index (χ3v) is 26.0. The van der Waals surface area contributed by atoms with Crippen molar-refractivity contribution in [3.63, 3.8) is 0 Å². The van der Waals surface area contributed by atoms with E-state index in [1.54, 1.807) is 24.3 Å². The van der Waals surface area contributed by atoms with Crippen LogP contribution in [0.4, 0.5) is 22.7 Å². The number of amides is 4. The van der Waals surface area contributed by atoms with Crippen LogP contribution in [0.25, 0.3) is 0 Å². The van der Waals surface area contributed by atoms with E-state index in [0.29, 0.717) is 73.9 Å². The normalized spacial score (nSPS) is 21.2. The fourth-order valence-electron chi connectivity index (χ4n) is 15.0. The molecule has 14 atom stereocenters. The molecule has 16 N–H and O–H groups in total. The van der Waals surface area contributed by atoms with E-state index in [9.17, 15) is 87.1 Å². The number of benzene rings is 4. The van der Waals surface area contributed by atoms with Crippen LogP contribution in [-0.4, -0.2) is 229 Å². The number of unbranched alkanes of at least 4 members (excludes halogenated alkanes) is 16. The third-order valence-electron chi connectivity index (χ3n) is 22.0. The van der Waals surface area contributed by atoms with Crippen molar-refractivity contribution >= 4 is 66.1 Å². The summed E-state index contributed by atoms with van der Waals surface area (Å²) in [6.07, 6.45) is 3.69. The van der Waals surface area contributed by atoms with Crippen LogP contribution in [-0.2, 0) is 38.9 Å². The number of carbonyl (C=O) groups is 4. The van der Waals surface area contributed by atoms with E-state index in [0.717, 1.165) is 138 Å². The molecule has 2 aliphatic heterocycles. The molecule has 0 radical (unpaired) electrons. The van der Waals surface area contributed by atoms with Crippen LogP contribution in [0.5, 0.6) is 0 Å². The van der Waals surface area contributed by atoms with Crippen LogP contribution in [0, 0.1) is 10.8 Å². The zero-order valence-corrected chi connectivity index (χ0v) is 67.6. The fraction of sp³-hybridized carbons (Fsp3) is 0.663. The Morgan fingerprint density at radius 2 is 0.775 bits per heavy atom. The summed E-state index contributed by atoms with van der Waals surface area (Å²) in [5.74, 6) is -3.41. The van der Waals surface area contributed by atoms with E-state index < -0.39 is 128 Å². The van der Waals surface area contributed by atoms with Gasteiger partial charge in [-0.25, -0.2) is 16.8 Å². The van der Waals surface area contributed by atoms with Gasteiger partial charge in [-0.3, -0.25) is 19.2 Å². The highest BCUT2D eigenvalue weighted by Crippen LogP contribution is 2.52. The van der Waals surface area contributed by atoms with E-state index in [-0.39, 0.29) is 53.6 Å². The molecule has 0 spiro atoms. The zero-order chi connectivity index (χ0) is 81.5. The number of hydrogen-bond donors (Lipinski definition) is 16. The van der Waals surface area contributed by atoms with E-state index in [4.69, 9.17) is 10.2 Å². The van der Waals surface area contributed by atoms with Gasteiger partial charge in [0.1, 0.15) is 36.6 Å². The van der Waals surface area contributed by atoms with Crippen LogP contribution in [0.3, 0.4) is 0 Å². The lowest BCUT2D eigenvalue weighted by molar-refractivity contribution is -0.149. The zero-order valence-electron chi connectivity index (χ0n) is 66.0. The van der Waals surface area contributed by atoms with Gasteiger partial charge in [-0.1, -0.05) is 162 Å². The molecule has 0 aliphatic carbocycles. The van der Waals surface area contributed by atoms with Crippen molar-refractivity contribution in [1.82, 2.24) is 10.6 Å². The quantitative estimate of drug-likeness (QED) is 0.0187. The van der Waals surface area contributed by atoms with Crippen molar-refractivity contribution in [3.8, 4) is 0 Å². The predicted octanol–water partition coefficient (Wildman–Crippen LogP) is 7.88. The number of fused-ring (bicyclic) bond motifs is 2. The molecule has 0 aromatic heterocycles. The average molecular weight is 1600 g/mol.